The third-order valence-corrected chi connectivity index (χ3v) is 4.73. The summed E-state index contributed by atoms with van der Waals surface area (Å²) in [7, 11) is 0. The first kappa shape index (κ1) is 22.2. The molecular weight excluding hydrogens is 322 g/mol. The van der Waals surface area contributed by atoms with E-state index in [0.717, 1.165) is 12.8 Å². The first-order valence-electron chi connectivity index (χ1n) is 10.4. The third-order valence-electron chi connectivity index (χ3n) is 4.73. The molecule has 0 bridgehead atoms. The third kappa shape index (κ3) is 10.9. The fourth-order valence-electron chi connectivity index (χ4n) is 3.05. The number of unbranched alkanes of at least 4 members (excludes halogenated alkanes) is 12. The molecule has 1 aromatic rings. The fourth-order valence-corrected chi connectivity index (χ4v) is 3.05. The average Bonchev–Trinajstić information content (AvgIpc) is 2.68. The minimum absolute atomic E-state index is 0.298. The Bertz CT molecular complexity index is 516. The second-order valence-corrected chi connectivity index (χ2v) is 7.07. The molecule has 0 atom stereocenters. The predicted molar refractivity (Wildman–Crippen MR) is 107 cm³/mol. The number of carbonyl (C=O) groups is 1. The number of esters is 1. The zero-order valence-corrected chi connectivity index (χ0v) is 16.5. The predicted octanol–water partition coefficient (Wildman–Crippen LogP) is 6.81. The summed E-state index contributed by atoms with van der Waals surface area (Å²) < 4.78 is 5.28. The molecule has 0 unspecified atom stereocenters. The van der Waals surface area contributed by atoms with Gasteiger partial charge in [0.15, 0.2) is 0 Å². The van der Waals surface area contributed by atoms with Crippen molar-refractivity contribution < 1.29 is 9.53 Å². The second-order valence-electron chi connectivity index (χ2n) is 7.07. The molecule has 0 heterocycles. The van der Waals surface area contributed by atoms with Crippen LogP contribution in [0.3, 0.4) is 0 Å². The van der Waals surface area contributed by atoms with Crippen LogP contribution in [0.1, 0.15) is 106 Å². The lowest BCUT2D eigenvalue weighted by atomic mass is 10.0. The van der Waals surface area contributed by atoms with Crippen LogP contribution in [0.25, 0.3) is 0 Å². The van der Waals surface area contributed by atoms with Gasteiger partial charge in [-0.3, -0.25) is 0 Å². The SMILES string of the molecule is CCCCCCCCCCCCCCCOC(=O)c1ccc(C#N)cc1. The van der Waals surface area contributed by atoms with Gasteiger partial charge < -0.3 is 4.74 Å². The minimum Gasteiger partial charge on any atom is -0.462 e. The van der Waals surface area contributed by atoms with E-state index in [0.29, 0.717) is 17.7 Å². The molecular formula is C23H35NO2. The molecule has 0 amide bonds. The molecule has 0 N–H and O–H groups in total. The molecule has 0 spiro atoms. The molecule has 0 saturated carbocycles. The zero-order valence-electron chi connectivity index (χ0n) is 16.5. The van der Waals surface area contributed by atoms with E-state index in [4.69, 9.17) is 10.00 Å². The number of hydrogen-bond donors (Lipinski definition) is 0. The van der Waals surface area contributed by atoms with Crippen molar-refractivity contribution in [2.75, 3.05) is 6.61 Å². The topological polar surface area (TPSA) is 50.1 Å². The molecule has 26 heavy (non-hydrogen) atoms. The number of ether oxygens (including phenoxy) is 1. The van der Waals surface area contributed by atoms with Crippen molar-refractivity contribution in [3.63, 3.8) is 0 Å². The van der Waals surface area contributed by atoms with Gasteiger partial charge in [-0.15, -0.1) is 0 Å². The summed E-state index contributed by atoms with van der Waals surface area (Å²) in [6.07, 6.45) is 17.0. The molecule has 0 aliphatic heterocycles. The van der Waals surface area contributed by atoms with Gasteiger partial charge in [0.2, 0.25) is 0 Å². The molecule has 3 nitrogen and oxygen atoms in total. The monoisotopic (exact) mass is 357 g/mol. The molecule has 0 aromatic heterocycles. The summed E-state index contributed by atoms with van der Waals surface area (Å²) in [5.41, 5.74) is 1.07. The van der Waals surface area contributed by atoms with Gasteiger partial charge in [0.25, 0.3) is 0 Å². The van der Waals surface area contributed by atoms with Crippen molar-refractivity contribution in [3.05, 3.63) is 35.4 Å². The van der Waals surface area contributed by atoms with Crippen LogP contribution in [0.2, 0.25) is 0 Å². The molecule has 144 valence electrons. The van der Waals surface area contributed by atoms with Crippen LogP contribution in [0.4, 0.5) is 0 Å². The summed E-state index contributed by atoms with van der Waals surface area (Å²) in [6, 6.07) is 8.61. The Morgan fingerprint density at radius 1 is 0.808 bits per heavy atom. The molecule has 0 aliphatic rings. The Balaban J connectivity index is 1.88. The van der Waals surface area contributed by atoms with Gasteiger partial charge in [0.1, 0.15) is 0 Å². The summed E-state index contributed by atoms with van der Waals surface area (Å²) in [4.78, 5) is 11.9. The average molecular weight is 358 g/mol. The van der Waals surface area contributed by atoms with Crippen molar-refractivity contribution in [1.82, 2.24) is 0 Å². The van der Waals surface area contributed by atoms with Crippen LogP contribution < -0.4 is 0 Å². The van der Waals surface area contributed by atoms with Crippen LogP contribution in [-0.2, 0) is 4.74 Å². The van der Waals surface area contributed by atoms with E-state index in [2.05, 4.69) is 6.92 Å². The van der Waals surface area contributed by atoms with Gasteiger partial charge in [-0.25, -0.2) is 4.79 Å². The largest absolute Gasteiger partial charge is 0.462 e. The van der Waals surface area contributed by atoms with E-state index in [1.807, 2.05) is 6.07 Å². The number of nitrogens with zero attached hydrogens (tertiary/aromatic N) is 1. The van der Waals surface area contributed by atoms with Crippen molar-refractivity contribution in [1.29, 1.82) is 5.26 Å². The number of rotatable bonds is 15. The molecule has 1 aromatic carbocycles. The lowest BCUT2D eigenvalue weighted by Crippen LogP contribution is -2.06. The van der Waals surface area contributed by atoms with Gasteiger partial charge in [0.05, 0.1) is 23.8 Å². The number of carbonyl (C=O) groups excluding carboxylic acids is 1. The maximum absolute atomic E-state index is 11.9. The highest BCUT2D eigenvalue weighted by molar-refractivity contribution is 5.89. The number of benzene rings is 1. The Hall–Kier alpha value is -1.82. The quantitative estimate of drug-likeness (QED) is 0.256. The smallest absolute Gasteiger partial charge is 0.338 e. The first-order chi connectivity index (χ1) is 12.8. The van der Waals surface area contributed by atoms with E-state index < -0.39 is 0 Å². The number of nitriles is 1. The van der Waals surface area contributed by atoms with E-state index in [1.54, 1.807) is 24.3 Å². The maximum atomic E-state index is 11.9. The molecule has 1 rings (SSSR count). The lowest BCUT2D eigenvalue weighted by Gasteiger charge is -2.05. The van der Waals surface area contributed by atoms with Crippen molar-refractivity contribution in [2.45, 2.75) is 90.4 Å². The fraction of sp³-hybridized carbons (Fsp3) is 0.652. The van der Waals surface area contributed by atoms with Crippen LogP contribution >= 0.6 is 0 Å². The van der Waals surface area contributed by atoms with Gasteiger partial charge in [-0.1, -0.05) is 84.0 Å². The molecule has 3 heteroatoms. The highest BCUT2D eigenvalue weighted by Gasteiger charge is 2.06. The summed E-state index contributed by atoms with van der Waals surface area (Å²) in [5, 5.41) is 8.75. The highest BCUT2D eigenvalue weighted by atomic mass is 16.5. The minimum atomic E-state index is -0.298. The molecule has 0 radical (unpaired) electrons. The Labute approximate surface area is 159 Å². The van der Waals surface area contributed by atoms with Gasteiger partial charge in [-0.2, -0.15) is 5.26 Å². The van der Waals surface area contributed by atoms with Crippen LogP contribution in [0.15, 0.2) is 24.3 Å². The first-order valence-corrected chi connectivity index (χ1v) is 10.4. The van der Waals surface area contributed by atoms with E-state index in [1.165, 1.54) is 70.6 Å². The van der Waals surface area contributed by atoms with Crippen LogP contribution in [0.5, 0.6) is 0 Å². The summed E-state index contributed by atoms with van der Waals surface area (Å²) in [5.74, 6) is -0.298. The molecule has 0 fully saturated rings. The number of hydrogen-bond acceptors (Lipinski definition) is 3. The maximum Gasteiger partial charge on any atom is 0.338 e. The lowest BCUT2D eigenvalue weighted by molar-refractivity contribution is 0.0497. The van der Waals surface area contributed by atoms with Crippen molar-refractivity contribution >= 4 is 5.97 Å². The van der Waals surface area contributed by atoms with Crippen LogP contribution in [-0.4, -0.2) is 12.6 Å². The summed E-state index contributed by atoms with van der Waals surface area (Å²) >= 11 is 0. The Morgan fingerprint density at radius 2 is 1.27 bits per heavy atom. The zero-order chi connectivity index (χ0) is 18.9. The Kier molecular flexibility index (Phi) is 13.2. The van der Waals surface area contributed by atoms with Crippen molar-refractivity contribution in [3.8, 4) is 6.07 Å². The van der Waals surface area contributed by atoms with Gasteiger partial charge in [-0.05, 0) is 30.7 Å². The standard InChI is InChI=1S/C23H35NO2/c1-2-3-4-5-6-7-8-9-10-11-12-13-14-19-26-23(25)22-17-15-21(20-24)16-18-22/h15-18H,2-14,19H2,1H3. The van der Waals surface area contributed by atoms with Crippen molar-refractivity contribution in [2.24, 2.45) is 0 Å². The van der Waals surface area contributed by atoms with E-state index in [-0.39, 0.29) is 5.97 Å². The highest BCUT2D eigenvalue weighted by Crippen LogP contribution is 2.12. The van der Waals surface area contributed by atoms with Gasteiger partial charge in [0, 0.05) is 0 Å². The van der Waals surface area contributed by atoms with E-state index in [9.17, 15) is 4.79 Å². The Morgan fingerprint density at radius 3 is 1.73 bits per heavy atom. The van der Waals surface area contributed by atoms with Gasteiger partial charge >= 0.3 is 5.97 Å². The second kappa shape index (κ2) is 15.4. The summed E-state index contributed by atoms with van der Waals surface area (Å²) in [6.45, 7) is 2.75. The molecule has 0 saturated heterocycles. The molecule has 0 aliphatic carbocycles. The van der Waals surface area contributed by atoms with E-state index >= 15 is 0 Å². The normalized spacial score (nSPS) is 10.5. The van der Waals surface area contributed by atoms with Crippen LogP contribution in [0, 0.1) is 11.3 Å².